The van der Waals surface area contributed by atoms with Gasteiger partial charge in [0.25, 0.3) is 10.1 Å². The molecular weight excluding hydrogens is 448 g/mol. The van der Waals surface area contributed by atoms with Crippen LogP contribution in [0.25, 0.3) is 0 Å². The van der Waals surface area contributed by atoms with Gasteiger partial charge < -0.3 is 9.80 Å². The zero-order chi connectivity index (χ0) is 25.2. The quantitative estimate of drug-likeness (QED) is 0.285. The molecule has 3 aromatic rings. The number of carbonyl (C=O) groups excluding carboxylic acids is 1. The molecule has 0 saturated carbocycles. The molecule has 3 aromatic carbocycles. The number of benzene rings is 3. The third-order valence-electron chi connectivity index (χ3n) is 5.15. The molecule has 0 aliphatic rings. The van der Waals surface area contributed by atoms with Crippen molar-refractivity contribution in [1.29, 1.82) is 0 Å². The van der Waals surface area contributed by atoms with Gasteiger partial charge in [0.2, 0.25) is 5.91 Å². The summed E-state index contributed by atoms with van der Waals surface area (Å²) < 4.78 is 30.5. The molecule has 7 heteroatoms. The maximum Gasteiger partial charge on any atom is 0.294 e. The van der Waals surface area contributed by atoms with Crippen LogP contribution in [0.1, 0.15) is 29.0 Å². The number of aryl methyl sites for hydroxylation is 1. The molecule has 34 heavy (non-hydrogen) atoms. The Hall–Kier alpha value is -3.00. The molecule has 0 fully saturated rings. The number of carbonyl (C=O) groups is 1. The number of nitrogens with zero attached hydrogens (tertiary/aromatic N) is 1. The molecular formula is C27H35N2O4S+. The molecule has 3 rings (SSSR count). The first-order chi connectivity index (χ1) is 16.0. The maximum absolute atomic E-state index is 12.8. The number of amides is 1. The second-order valence-electron chi connectivity index (χ2n) is 9.20. The van der Waals surface area contributed by atoms with Crippen molar-refractivity contribution < 1.29 is 22.2 Å². The zero-order valence-corrected chi connectivity index (χ0v) is 21.1. The van der Waals surface area contributed by atoms with Gasteiger partial charge in [-0.2, -0.15) is 8.42 Å². The van der Waals surface area contributed by atoms with Crippen molar-refractivity contribution in [2.45, 2.75) is 24.2 Å². The Morgan fingerprint density at radius 1 is 0.853 bits per heavy atom. The van der Waals surface area contributed by atoms with Crippen LogP contribution in [0.15, 0.2) is 89.8 Å². The Bertz CT molecular complexity index is 1090. The number of hydrogen-bond acceptors (Lipinski definition) is 3. The Labute approximate surface area is 203 Å². The maximum atomic E-state index is 12.8. The number of nitrogens with one attached hydrogen (secondary N) is 1. The standard InChI is InChI=1S/C20H26N2O.C7H8O3S/c1-22(2,3)16-10-15-21-20(23)19(17-11-6-4-7-12-17)18-13-8-5-9-14-18;1-6-2-4-7(5-3-6)11(8,9)10/h4-9,11-14,19H,10,15-16H2,1-3H3;2-5H,1H3,(H,8,9,10)/p+1. The third kappa shape index (κ3) is 9.47. The van der Waals surface area contributed by atoms with Crippen molar-refractivity contribution in [3.8, 4) is 0 Å². The van der Waals surface area contributed by atoms with Crippen molar-refractivity contribution >= 4 is 16.0 Å². The molecule has 0 aromatic heterocycles. The first-order valence-electron chi connectivity index (χ1n) is 11.2. The van der Waals surface area contributed by atoms with E-state index in [-0.39, 0.29) is 16.7 Å². The molecule has 182 valence electrons. The minimum atomic E-state index is -4.02. The van der Waals surface area contributed by atoms with Gasteiger partial charge in [-0.3, -0.25) is 9.35 Å². The second kappa shape index (κ2) is 12.5. The fourth-order valence-corrected chi connectivity index (χ4v) is 3.84. The molecule has 0 aliphatic heterocycles. The van der Waals surface area contributed by atoms with E-state index in [1.165, 1.54) is 12.1 Å². The van der Waals surface area contributed by atoms with Gasteiger partial charge in [0, 0.05) is 13.0 Å². The van der Waals surface area contributed by atoms with Crippen LogP contribution >= 0.6 is 0 Å². The van der Waals surface area contributed by atoms with E-state index < -0.39 is 10.1 Å². The average molecular weight is 484 g/mol. The highest BCUT2D eigenvalue weighted by Crippen LogP contribution is 2.24. The Kier molecular flexibility index (Phi) is 9.98. The van der Waals surface area contributed by atoms with Gasteiger partial charge >= 0.3 is 0 Å². The van der Waals surface area contributed by atoms with Crippen molar-refractivity contribution in [2.24, 2.45) is 0 Å². The molecule has 1 amide bonds. The summed E-state index contributed by atoms with van der Waals surface area (Å²) in [6.07, 6.45) is 0.978. The van der Waals surface area contributed by atoms with Crippen LogP contribution in [0.2, 0.25) is 0 Å². The molecule has 0 atom stereocenters. The van der Waals surface area contributed by atoms with E-state index in [0.717, 1.165) is 34.1 Å². The van der Waals surface area contributed by atoms with E-state index >= 15 is 0 Å². The summed E-state index contributed by atoms with van der Waals surface area (Å²) in [7, 11) is 2.48. The average Bonchev–Trinajstić information content (AvgIpc) is 2.78. The number of hydrogen-bond donors (Lipinski definition) is 2. The summed E-state index contributed by atoms with van der Waals surface area (Å²) in [6, 6.07) is 25.9. The molecule has 6 nitrogen and oxygen atoms in total. The SMILES string of the molecule is C[N+](C)(C)CCCNC(=O)C(c1ccccc1)c1ccccc1.Cc1ccc(S(=O)(=O)O)cc1. The van der Waals surface area contributed by atoms with E-state index in [9.17, 15) is 13.2 Å². The fourth-order valence-electron chi connectivity index (χ4n) is 3.36. The van der Waals surface area contributed by atoms with Gasteiger partial charge in [-0.25, -0.2) is 0 Å². The van der Waals surface area contributed by atoms with E-state index in [4.69, 9.17) is 4.55 Å². The van der Waals surface area contributed by atoms with E-state index in [1.54, 1.807) is 12.1 Å². The van der Waals surface area contributed by atoms with Crippen LogP contribution in [-0.4, -0.2) is 57.6 Å². The summed E-state index contributed by atoms with van der Waals surface area (Å²) in [5.74, 6) is -0.176. The van der Waals surface area contributed by atoms with Gasteiger partial charge in [-0.15, -0.1) is 0 Å². The monoisotopic (exact) mass is 483 g/mol. The summed E-state index contributed by atoms with van der Waals surface area (Å²) in [5, 5.41) is 3.10. The highest BCUT2D eigenvalue weighted by molar-refractivity contribution is 7.85. The smallest absolute Gasteiger partial charge is 0.294 e. The first-order valence-corrected chi connectivity index (χ1v) is 12.6. The number of rotatable bonds is 8. The summed E-state index contributed by atoms with van der Waals surface area (Å²) in [5.41, 5.74) is 3.02. The highest BCUT2D eigenvalue weighted by atomic mass is 32.2. The van der Waals surface area contributed by atoms with Crippen LogP contribution in [-0.2, 0) is 14.9 Å². The number of quaternary nitrogens is 1. The Balaban J connectivity index is 0.000000310. The lowest BCUT2D eigenvalue weighted by molar-refractivity contribution is -0.870. The van der Waals surface area contributed by atoms with Crippen LogP contribution in [0.3, 0.4) is 0 Å². The molecule has 0 unspecified atom stereocenters. The Morgan fingerprint density at radius 3 is 1.74 bits per heavy atom. The van der Waals surface area contributed by atoms with Gasteiger partial charge in [0.05, 0.1) is 38.5 Å². The molecule has 0 spiro atoms. The zero-order valence-electron chi connectivity index (χ0n) is 20.3. The van der Waals surface area contributed by atoms with Crippen molar-refractivity contribution in [3.05, 3.63) is 102 Å². The molecule has 0 heterocycles. The topological polar surface area (TPSA) is 83.5 Å². The van der Waals surface area contributed by atoms with Crippen LogP contribution in [0.5, 0.6) is 0 Å². The minimum Gasteiger partial charge on any atom is -0.355 e. The molecule has 0 bridgehead atoms. The molecule has 0 aliphatic carbocycles. The molecule has 2 N–H and O–H groups in total. The van der Waals surface area contributed by atoms with E-state index in [2.05, 4.69) is 26.5 Å². The van der Waals surface area contributed by atoms with Crippen molar-refractivity contribution in [3.63, 3.8) is 0 Å². The highest BCUT2D eigenvalue weighted by Gasteiger charge is 2.22. The van der Waals surface area contributed by atoms with Crippen molar-refractivity contribution in [1.82, 2.24) is 5.32 Å². The van der Waals surface area contributed by atoms with Crippen LogP contribution in [0.4, 0.5) is 0 Å². The lowest BCUT2D eigenvalue weighted by Gasteiger charge is -2.24. The van der Waals surface area contributed by atoms with Gasteiger partial charge in [0.15, 0.2) is 0 Å². The van der Waals surface area contributed by atoms with E-state index in [0.29, 0.717) is 6.54 Å². The van der Waals surface area contributed by atoms with Gasteiger partial charge in [-0.1, -0.05) is 78.4 Å². The predicted molar refractivity (Wildman–Crippen MR) is 136 cm³/mol. The van der Waals surface area contributed by atoms with E-state index in [1.807, 2.05) is 67.6 Å². The van der Waals surface area contributed by atoms with Crippen LogP contribution in [0, 0.1) is 6.92 Å². The van der Waals surface area contributed by atoms with Crippen LogP contribution < -0.4 is 5.32 Å². The Morgan fingerprint density at radius 2 is 1.32 bits per heavy atom. The lowest BCUT2D eigenvalue weighted by Crippen LogP contribution is -2.38. The predicted octanol–water partition coefficient (Wildman–Crippen LogP) is 4.27. The second-order valence-corrected chi connectivity index (χ2v) is 10.6. The first kappa shape index (κ1) is 27.2. The lowest BCUT2D eigenvalue weighted by atomic mass is 9.90. The summed E-state index contributed by atoms with van der Waals surface area (Å²) in [4.78, 5) is 12.7. The largest absolute Gasteiger partial charge is 0.355 e. The third-order valence-corrected chi connectivity index (χ3v) is 6.02. The molecule has 0 radical (unpaired) electrons. The summed E-state index contributed by atoms with van der Waals surface area (Å²) >= 11 is 0. The van der Waals surface area contributed by atoms with Crippen molar-refractivity contribution in [2.75, 3.05) is 34.2 Å². The summed E-state index contributed by atoms with van der Waals surface area (Å²) in [6.45, 7) is 3.60. The fraction of sp³-hybridized carbons (Fsp3) is 0.296. The van der Waals surface area contributed by atoms with Gasteiger partial charge in [0.1, 0.15) is 0 Å². The molecule has 0 saturated heterocycles. The normalized spacial score (nSPS) is 11.5. The minimum absolute atomic E-state index is 0.0666. The van der Waals surface area contributed by atoms with Gasteiger partial charge in [-0.05, 0) is 30.2 Å².